The zero-order valence-electron chi connectivity index (χ0n) is 16.6. The Morgan fingerprint density at radius 2 is 2.00 bits per heavy atom. The lowest BCUT2D eigenvalue weighted by Crippen LogP contribution is -2.33. The Morgan fingerprint density at radius 3 is 2.70 bits per heavy atom. The van der Waals surface area contributed by atoms with E-state index in [0.717, 1.165) is 27.6 Å². The molecule has 0 fully saturated rings. The maximum atomic E-state index is 12.9. The predicted octanol–water partition coefficient (Wildman–Crippen LogP) is 3.22. The van der Waals surface area contributed by atoms with E-state index in [2.05, 4.69) is 10.1 Å². The smallest absolute Gasteiger partial charge is 0.361 e. The van der Waals surface area contributed by atoms with Gasteiger partial charge in [-0.1, -0.05) is 18.2 Å². The van der Waals surface area contributed by atoms with Gasteiger partial charge in [0.15, 0.2) is 5.69 Å². The molecular formula is C20H22F3N5O2. The molecule has 0 saturated carbocycles. The Morgan fingerprint density at radius 1 is 1.27 bits per heavy atom. The summed E-state index contributed by atoms with van der Waals surface area (Å²) in [5.74, 6) is -0.626. The van der Waals surface area contributed by atoms with Crippen LogP contribution in [0.25, 0.3) is 10.9 Å². The van der Waals surface area contributed by atoms with Crippen LogP contribution in [0.1, 0.15) is 22.5 Å². The van der Waals surface area contributed by atoms with E-state index in [-0.39, 0.29) is 11.4 Å². The van der Waals surface area contributed by atoms with Gasteiger partial charge in [0, 0.05) is 37.7 Å². The fraction of sp³-hybridized carbons (Fsp3) is 0.350. The number of hydrogen-bond acceptors (Lipinski definition) is 3. The van der Waals surface area contributed by atoms with Crippen LogP contribution >= 0.6 is 0 Å². The molecule has 2 aromatic heterocycles. The summed E-state index contributed by atoms with van der Waals surface area (Å²) in [6, 6.07) is 7.86. The number of carbonyl (C=O) groups excluding carboxylic acids is 2. The molecular weight excluding hydrogens is 399 g/mol. The molecule has 160 valence electrons. The monoisotopic (exact) mass is 421 g/mol. The molecule has 0 aliphatic rings. The number of aromatic nitrogens is 3. The highest BCUT2D eigenvalue weighted by atomic mass is 19.4. The zero-order chi connectivity index (χ0) is 21.9. The minimum atomic E-state index is -4.55. The van der Waals surface area contributed by atoms with Gasteiger partial charge < -0.3 is 14.8 Å². The zero-order valence-corrected chi connectivity index (χ0v) is 16.6. The maximum Gasteiger partial charge on any atom is 0.408 e. The van der Waals surface area contributed by atoms with Crippen LogP contribution in [0.5, 0.6) is 0 Å². The molecule has 7 nitrogen and oxygen atoms in total. The van der Waals surface area contributed by atoms with Crippen molar-refractivity contribution in [2.75, 3.05) is 25.5 Å². The first kappa shape index (κ1) is 21.4. The molecule has 0 unspecified atom stereocenters. The molecule has 0 spiro atoms. The number of aromatic amines is 1. The predicted molar refractivity (Wildman–Crippen MR) is 106 cm³/mol. The molecule has 0 radical (unpaired) electrons. The first-order valence-electron chi connectivity index (χ1n) is 9.32. The lowest BCUT2D eigenvalue weighted by molar-refractivity contribution is -0.142. The molecule has 10 heteroatoms. The van der Waals surface area contributed by atoms with Crippen molar-refractivity contribution in [1.82, 2.24) is 19.7 Å². The highest BCUT2D eigenvalue weighted by Crippen LogP contribution is 2.25. The van der Waals surface area contributed by atoms with Crippen molar-refractivity contribution >= 4 is 28.9 Å². The number of hydrogen-bond donors (Lipinski definition) is 1. The van der Waals surface area contributed by atoms with Gasteiger partial charge in [-0.15, -0.1) is 0 Å². The number of para-hydroxylation sites is 1. The fourth-order valence-electron chi connectivity index (χ4n) is 3.33. The third-order valence-electron chi connectivity index (χ3n) is 4.85. The van der Waals surface area contributed by atoms with Crippen LogP contribution in [0.3, 0.4) is 0 Å². The third kappa shape index (κ3) is 4.64. The van der Waals surface area contributed by atoms with Crippen LogP contribution in [0.2, 0.25) is 0 Å². The summed E-state index contributed by atoms with van der Waals surface area (Å²) in [6.07, 6.45) is 0.199. The number of alkyl halides is 3. The number of carbonyl (C=O) groups is 2. The second-order valence-corrected chi connectivity index (χ2v) is 7.06. The van der Waals surface area contributed by atoms with Crippen LogP contribution in [0, 0.1) is 0 Å². The molecule has 3 aromatic rings. The number of nitrogens with zero attached hydrogens (tertiary/aromatic N) is 4. The number of aryl methyl sites for hydroxylation is 1. The van der Waals surface area contributed by atoms with Crippen molar-refractivity contribution < 1.29 is 22.8 Å². The number of fused-ring (bicyclic) bond motifs is 1. The van der Waals surface area contributed by atoms with Gasteiger partial charge in [0.1, 0.15) is 6.54 Å². The van der Waals surface area contributed by atoms with Gasteiger partial charge in [-0.2, -0.15) is 18.3 Å². The lowest BCUT2D eigenvalue weighted by Gasteiger charge is -2.20. The summed E-state index contributed by atoms with van der Waals surface area (Å²) in [6.45, 7) is -1.08. The molecule has 2 heterocycles. The second kappa shape index (κ2) is 8.60. The minimum Gasteiger partial charge on any atom is -0.361 e. The molecule has 0 aliphatic heterocycles. The highest BCUT2D eigenvalue weighted by molar-refractivity contribution is 6.00. The Hall–Kier alpha value is -3.30. The highest BCUT2D eigenvalue weighted by Gasteiger charge is 2.33. The fourth-order valence-corrected chi connectivity index (χ4v) is 3.33. The Bertz CT molecular complexity index is 1040. The quantitative estimate of drug-likeness (QED) is 0.568. The molecule has 0 bridgehead atoms. The summed E-state index contributed by atoms with van der Waals surface area (Å²) in [4.78, 5) is 29.6. The summed E-state index contributed by atoms with van der Waals surface area (Å²) in [5.41, 5.74) is 1.89. The van der Waals surface area contributed by atoms with Crippen molar-refractivity contribution in [3.05, 3.63) is 47.9 Å². The Labute approximate surface area is 171 Å². The van der Waals surface area contributed by atoms with Gasteiger partial charge in [0.2, 0.25) is 6.41 Å². The first-order valence-corrected chi connectivity index (χ1v) is 9.32. The van der Waals surface area contributed by atoms with Crippen LogP contribution < -0.4 is 4.90 Å². The van der Waals surface area contributed by atoms with E-state index >= 15 is 0 Å². The summed E-state index contributed by atoms with van der Waals surface area (Å²) < 4.78 is 39.3. The van der Waals surface area contributed by atoms with Crippen LogP contribution in [0.15, 0.2) is 36.7 Å². The number of nitrogens with one attached hydrogen (secondary N) is 1. The van der Waals surface area contributed by atoms with Gasteiger partial charge in [0.05, 0.1) is 11.9 Å². The van der Waals surface area contributed by atoms with Gasteiger partial charge in [0.25, 0.3) is 5.91 Å². The standard InChI is InChI=1S/C20H22F3N5O2/c1-26(9-5-6-14-10-24-16-8-4-3-7-15(14)16)19(30)18-17(27(2)13-29)11-25-28(18)12-20(21,22)23/h3-4,7-8,10-11,13,24H,5-6,9,12H2,1-2H3. The van der Waals surface area contributed by atoms with E-state index in [9.17, 15) is 22.8 Å². The Balaban J connectivity index is 1.73. The summed E-state index contributed by atoms with van der Waals surface area (Å²) >= 11 is 0. The van der Waals surface area contributed by atoms with E-state index in [4.69, 9.17) is 0 Å². The Kier molecular flexibility index (Phi) is 6.14. The number of halogens is 3. The van der Waals surface area contributed by atoms with Crippen LogP contribution in [-0.2, 0) is 17.8 Å². The second-order valence-electron chi connectivity index (χ2n) is 7.06. The third-order valence-corrected chi connectivity index (χ3v) is 4.85. The minimum absolute atomic E-state index is 0.0303. The van der Waals surface area contributed by atoms with Crippen molar-refractivity contribution in [2.45, 2.75) is 25.6 Å². The van der Waals surface area contributed by atoms with Crippen molar-refractivity contribution in [1.29, 1.82) is 0 Å². The topological polar surface area (TPSA) is 74.2 Å². The van der Waals surface area contributed by atoms with Gasteiger partial charge in [-0.25, -0.2) is 4.68 Å². The van der Waals surface area contributed by atoms with Crippen molar-refractivity contribution in [3.63, 3.8) is 0 Å². The molecule has 0 aliphatic carbocycles. The van der Waals surface area contributed by atoms with Crippen LogP contribution in [-0.4, -0.2) is 58.8 Å². The average molecular weight is 421 g/mol. The first-order chi connectivity index (χ1) is 14.2. The number of amides is 2. The molecule has 1 N–H and O–H groups in total. The molecule has 0 atom stereocenters. The van der Waals surface area contributed by atoms with E-state index in [1.165, 1.54) is 19.0 Å². The van der Waals surface area contributed by atoms with Gasteiger partial charge in [-0.05, 0) is 24.5 Å². The number of rotatable bonds is 8. The SMILES string of the molecule is CN(CCCc1c[nH]c2ccccc12)C(=O)c1c(N(C)C=O)cnn1CC(F)(F)F. The molecule has 0 saturated heterocycles. The van der Waals surface area contributed by atoms with Gasteiger partial charge in [-0.3, -0.25) is 9.59 Å². The molecule has 3 rings (SSSR count). The molecule has 1 aromatic carbocycles. The van der Waals surface area contributed by atoms with E-state index in [1.807, 2.05) is 30.5 Å². The van der Waals surface area contributed by atoms with Crippen molar-refractivity contribution in [2.24, 2.45) is 0 Å². The van der Waals surface area contributed by atoms with Gasteiger partial charge >= 0.3 is 6.18 Å². The van der Waals surface area contributed by atoms with E-state index < -0.39 is 18.6 Å². The summed E-state index contributed by atoms with van der Waals surface area (Å²) in [7, 11) is 2.88. The molecule has 2 amide bonds. The maximum absolute atomic E-state index is 12.9. The average Bonchev–Trinajstić information content (AvgIpc) is 3.30. The van der Waals surface area contributed by atoms with E-state index in [1.54, 1.807) is 0 Å². The number of benzene rings is 1. The number of anilines is 1. The number of H-pyrrole nitrogens is 1. The van der Waals surface area contributed by atoms with Crippen LogP contribution in [0.4, 0.5) is 18.9 Å². The van der Waals surface area contributed by atoms with E-state index in [0.29, 0.717) is 30.5 Å². The normalized spacial score (nSPS) is 11.6. The van der Waals surface area contributed by atoms with Crippen molar-refractivity contribution in [3.8, 4) is 0 Å². The largest absolute Gasteiger partial charge is 0.408 e. The lowest BCUT2D eigenvalue weighted by atomic mass is 10.1. The molecule has 30 heavy (non-hydrogen) atoms. The summed E-state index contributed by atoms with van der Waals surface area (Å²) in [5, 5.41) is 4.78.